The predicted molar refractivity (Wildman–Crippen MR) is 122 cm³/mol. The summed E-state index contributed by atoms with van der Waals surface area (Å²) in [7, 11) is 1.61. The molecule has 0 atom stereocenters. The van der Waals surface area contributed by atoms with Crippen molar-refractivity contribution in [3.8, 4) is 5.75 Å². The average molecular weight is 431 g/mol. The molecule has 0 saturated carbocycles. The number of nitrogens with zero attached hydrogens (tertiary/aromatic N) is 2. The molecule has 7 heteroatoms. The Labute approximate surface area is 185 Å². The fourth-order valence-corrected chi connectivity index (χ4v) is 4.39. The fourth-order valence-electron chi connectivity index (χ4n) is 4.39. The van der Waals surface area contributed by atoms with Gasteiger partial charge in [0.05, 0.1) is 13.5 Å². The van der Waals surface area contributed by atoms with Crippen LogP contribution in [0.4, 0.5) is 0 Å². The minimum absolute atomic E-state index is 0.0777. The number of aromatic nitrogens is 1. The van der Waals surface area contributed by atoms with Crippen LogP contribution in [0.1, 0.15) is 21.7 Å². The Morgan fingerprint density at radius 2 is 1.78 bits per heavy atom. The highest BCUT2D eigenvalue weighted by Gasteiger charge is 2.28. The van der Waals surface area contributed by atoms with Gasteiger partial charge in [-0.15, -0.1) is 0 Å². The second-order valence-corrected chi connectivity index (χ2v) is 8.13. The average Bonchev–Trinajstić information content (AvgIpc) is 3.39. The van der Waals surface area contributed by atoms with Gasteiger partial charge >= 0.3 is 0 Å². The van der Waals surface area contributed by atoms with E-state index in [0.29, 0.717) is 43.9 Å². The van der Waals surface area contributed by atoms with Crippen LogP contribution in [-0.2, 0) is 11.2 Å². The lowest BCUT2D eigenvalue weighted by Crippen LogP contribution is -2.51. The Morgan fingerprint density at radius 1 is 1.03 bits per heavy atom. The van der Waals surface area contributed by atoms with Crippen molar-refractivity contribution in [3.05, 3.63) is 65.5 Å². The van der Waals surface area contributed by atoms with Crippen molar-refractivity contribution in [2.45, 2.75) is 13.3 Å². The number of nitrogens with one attached hydrogen (secondary N) is 1. The molecule has 2 aromatic carbocycles. The molecule has 7 nitrogen and oxygen atoms in total. The maximum atomic E-state index is 13.1. The van der Waals surface area contributed by atoms with Gasteiger partial charge in [-0.2, -0.15) is 0 Å². The fraction of sp³-hybridized carbons (Fsp3) is 0.280. The van der Waals surface area contributed by atoms with Crippen LogP contribution in [-0.4, -0.2) is 59.9 Å². The quantitative estimate of drug-likeness (QED) is 0.534. The van der Waals surface area contributed by atoms with Gasteiger partial charge in [0.2, 0.25) is 5.91 Å². The van der Waals surface area contributed by atoms with E-state index in [4.69, 9.17) is 9.15 Å². The molecule has 3 heterocycles. The lowest BCUT2D eigenvalue weighted by molar-refractivity contribution is -0.131. The van der Waals surface area contributed by atoms with Gasteiger partial charge in [0.1, 0.15) is 11.3 Å². The Kier molecular flexibility index (Phi) is 5.09. The van der Waals surface area contributed by atoms with Gasteiger partial charge < -0.3 is 23.9 Å². The van der Waals surface area contributed by atoms with Gasteiger partial charge in [-0.3, -0.25) is 9.59 Å². The first-order valence-corrected chi connectivity index (χ1v) is 10.7. The summed E-state index contributed by atoms with van der Waals surface area (Å²) < 4.78 is 11.2. The summed E-state index contributed by atoms with van der Waals surface area (Å²) in [6, 6.07) is 13.5. The maximum Gasteiger partial charge on any atom is 0.290 e. The van der Waals surface area contributed by atoms with Gasteiger partial charge in [0.15, 0.2) is 5.76 Å². The van der Waals surface area contributed by atoms with Crippen LogP contribution in [0.15, 0.2) is 53.1 Å². The number of fused-ring (bicyclic) bond motifs is 2. The number of hydrogen-bond donors (Lipinski definition) is 1. The number of para-hydroxylation sites is 1. The molecule has 1 aliphatic heterocycles. The van der Waals surface area contributed by atoms with E-state index in [1.807, 2.05) is 60.5 Å². The largest absolute Gasteiger partial charge is 0.497 e. The number of carbonyl (C=O) groups is 2. The van der Waals surface area contributed by atoms with Gasteiger partial charge in [-0.05, 0) is 36.8 Å². The first-order chi connectivity index (χ1) is 15.5. The van der Waals surface area contributed by atoms with Crippen LogP contribution in [0.25, 0.3) is 21.9 Å². The van der Waals surface area contributed by atoms with Crippen LogP contribution in [0.3, 0.4) is 0 Å². The lowest BCUT2D eigenvalue weighted by atomic mass is 10.1. The second kappa shape index (κ2) is 8.07. The number of methoxy groups -OCH3 is 1. The summed E-state index contributed by atoms with van der Waals surface area (Å²) >= 11 is 0. The molecule has 1 saturated heterocycles. The maximum absolute atomic E-state index is 13.1. The van der Waals surface area contributed by atoms with Gasteiger partial charge in [0, 0.05) is 54.2 Å². The number of hydrogen-bond acceptors (Lipinski definition) is 4. The lowest BCUT2D eigenvalue weighted by Gasteiger charge is -2.34. The number of aryl methyl sites for hydroxylation is 1. The van der Waals surface area contributed by atoms with E-state index in [2.05, 4.69) is 4.98 Å². The first-order valence-electron chi connectivity index (χ1n) is 10.7. The third-order valence-corrected chi connectivity index (χ3v) is 6.27. The summed E-state index contributed by atoms with van der Waals surface area (Å²) in [5.41, 5.74) is 3.50. The van der Waals surface area contributed by atoms with Crippen LogP contribution in [0.5, 0.6) is 5.75 Å². The Hall–Kier alpha value is -3.74. The zero-order valence-corrected chi connectivity index (χ0v) is 18.2. The SMILES string of the molecule is COc1ccc2oc(C(=O)N3CCN(C(=O)Cc4c[nH]c5ccccc45)CC3)c(C)c2c1. The van der Waals surface area contributed by atoms with Crippen LogP contribution >= 0.6 is 0 Å². The van der Waals surface area contributed by atoms with E-state index in [-0.39, 0.29) is 11.8 Å². The standard InChI is InChI=1S/C25H25N3O4/c1-16-20-14-18(31-2)7-8-22(20)32-24(16)25(30)28-11-9-27(10-12-28)23(29)13-17-15-26-21-6-4-3-5-19(17)21/h3-8,14-15,26H,9-13H2,1-2H3. The number of carbonyl (C=O) groups excluding carboxylic acids is 2. The summed E-state index contributed by atoms with van der Waals surface area (Å²) in [4.78, 5) is 32.8. The molecule has 0 radical (unpaired) electrons. The predicted octanol–water partition coefficient (Wildman–Crippen LogP) is 3.76. The summed E-state index contributed by atoms with van der Waals surface area (Å²) in [5.74, 6) is 1.02. The van der Waals surface area contributed by atoms with E-state index >= 15 is 0 Å². The number of ether oxygens (including phenoxy) is 1. The van der Waals surface area contributed by atoms with E-state index in [1.54, 1.807) is 12.0 Å². The van der Waals surface area contributed by atoms with Gasteiger partial charge in [0.25, 0.3) is 5.91 Å². The van der Waals surface area contributed by atoms with E-state index in [1.165, 1.54) is 0 Å². The molecular formula is C25H25N3O4. The number of aromatic amines is 1. The number of benzene rings is 2. The van der Waals surface area contributed by atoms with E-state index in [9.17, 15) is 9.59 Å². The summed E-state index contributed by atoms with van der Waals surface area (Å²) in [6.45, 7) is 3.88. The van der Waals surface area contributed by atoms with Gasteiger partial charge in [-0.1, -0.05) is 18.2 Å². The third kappa shape index (κ3) is 3.49. The molecular weight excluding hydrogens is 406 g/mol. The van der Waals surface area contributed by atoms with Gasteiger partial charge in [-0.25, -0.2) is 0 Å². The summed E-state index contributed by atoms with van der Waals surface area (Å²) in [5, 5.41) is 1.95. The zero-order chi connectivity index (χ0) is 22.2. The van der Waals surface area contributed by atoms with Crippen molar-refractivity contribution in [1.82, 2.24) is 14.8 Å². The Morgan fingerprint density at radius 3 is 2.56 bits per heavy atom. The molecule has 0 bridgehead atoms. The van der Waals surface area contributed by atoms with E-state index < -0.39 is 0 Å². The van der Waals surface area contributed by atoms with Crippen molar-refractivity contribution >= 4 is 33.7 Å². The van der Waals surface area contributed by atoms with E-state index in [0.717, 1.165) is 33.2 Å². The van der Waals surface area contributed by atoms with Crippen LogP contribution in [0.2, 0.25) is 0 Å². The number of furan rings is 1. The molecule has 1 N–H and O–H groups in total. The first kappa shape index (κ1) is 20.2. The van der Waals surface area contributed by atoms with Crippen LogP contribution < -0.4 is 4.74 Å². The third-order valence-electron chi connectivity index (χ3n) is 6.27. The minimum Gasteiger partial charge on any atom is -0.497 e. The summed E-state index contributed by atoms with van der Waals surface area (Å²) in [6.07, 6.45) is 2.25. The highest BCUT2D eigenvalue weighted by atomic mass is 16.5. The molecule has 5 rings (SSSR count). The molecule has 4 aromatic rings. The molecule has 32 heavy (non-hydrogen) atoms. The Bertz CT molecular complexity index is 1310. The molecule has 0 unspecified atom stereocenters. The molecule has 0 spiro atoms. The monoisotopic (exact) mass is 431 g/mol. The highest BCUT2D eigenvalue weighted by Crippen LogP contribution is 2.29. The van der Waals surface area contributed by atoms with Crippen LogP contribution in [0, 0.1) is 6.92 Å². The zero-order valence-electron chi connectivity index (χ0n) is 18.2. The van der Waals surface area contributed by atoms with Crippen molar-refractivity contribution in [2.24, 2.45) is 0 Å². The van der Waals surface area contributed by atoms with Crippen molar-refractivity contribution in [1.29, 1.82) is 0 Å². The van der Waals surface area contributed by atoms with Crippen molar-refractivity contribution in [3.63, 3.8) is 0 Å². The number of piperazine rings is 1. The number of amides is 2. The molecule has 1 fully saturated rings. The normalized spacial score (nSPS) is 14.3. The topological polar surface area (TPSA) is 78.8 Å². The Balaban J connectivity index is 1.25. The highest BCUT2D eigenvalue weighted by molar-refractivity contribution is 5.99. The molecule has 2 amide bonds. The van der Waals surface area contributed by atoms with Crippen molar-refractivity contribution < 1.29 is 18.7 Å². The van der Waals surface area contributed by atoms with Crippen molar-refractivity contribution in [2.75, 3.05) is 33.3 Å². The molecule has 1 aliphatic rings. The minimum atomic E-state index is -0.138. The molecule has 0 aliphatic carbocycles. The number of H-pyrrole nitrogens is 1. The molecule has 2 aromatic heterocycles. The second-order valence-electron chi connectivity index (χ2n) is 8.13. The molecule has 164 valence electrons. The smallest absolute Gasteiger partial charge is 0.290 e. The number of rotatable bonds is 4.